The van der Waals surface area contributed by atoms with Gasteiger partial charge < -0.3 is 9.64 Å². The van der Waals surface area contributed by atoms with E-state index >= 15 is 0 Å². The first-order valence-electron chi connectivity index (χ1n) is 4.96. The number of hydrogen-bond acceptors (Lipinski definition) is 3. The number of aromatic nitrogens is 1. The largest absolute Gasteiger partial charge is 0.378 e. The molecule has 0 aliphatic carbocycles. The van der Waals surface area contributed by atoms with Crippen molar-refractivity contribution < 1.29 is 13.9 Å². The first-order valence-corrected chi connectivity index (χ1v) is 4.96. The standard InChI is InChI=1S/C10H10BFN2O2/c11-7-5-8(9(12)13-6-7)10(15)14-1-3-16-4-2-14/h5-6H,1-4H2. The molecule has 16 heavy (non-hydrogen) atoms. The molecule has 1 fully saturated rings. The van der Waals surface area contributed by atoms with Gasteiger partial charge in [0.25, 0.3) is 5.91 Å². The van der Waals surface area contributed by atoms with E-state index in [4.69, 9.17) is 12.6 Å². The van der Waals surface area contributed by atoms with Crippen LogP contribution in [-0.2, 0) is 4.74 Å². The molecule has 0 spiro atoms. The molecule has 1 amide bonds. The molecule has 0 N–H and O–H groups in total. The molecule has 0 saturated carbocycles. The lowest BCUT2D eigenvalue weighted by Gasteiger charge is -2.26. The fourth-order valence-electron chi connectivity index (χ4n) is 1.55. The van der Waals surface area contributed by atoms with E-state index in [9.17, 15) is 9.18 Å². The summed E-state index contributed by atoms with van der Waals surface area (Å²) in [5.74, 6) is -1.17. The summed E-state index contributed by atoms with van der Waals surface area (Å²) >= 11 is 0. The Morgan fingerprint density at radius 3 is 2.88 bits per heavy atom. The highest BCUT2D eigenvalue weighted by molar-refractivity contribution is 6.32. The van der Waals surface area contributed by atoms with Gasteiger partial charge in [-0.05, 0) is 0 Å². The molecule has 1 saturated heterocycles. The summed E-state index contributed by atoms with van der Waals surface area (Å²) in [5.41, 5.74) is 0.194. The summed E-state index contributed by atoms with van der Waals surface area (Å²) in [6.07, 6.45) is 1.19. The van der Waals surface area contributed by atoms with Crippen LogP contribution in [0.25, 0.3) is 0 Å². The zero-order valence-corrected chi connectivity index (χ0v) is 8.65. The molecule has 4 nitrogen and oxygen atoms in total. The van der Waals surface area contributed by atoms with Crippen LogP contribution >= 0.6 is 0 Å². The molecule has 2 rings (SSSR count). The van der Waals surface area contributed by atoms with Crippen molar-refractivity contribution in [1.29, 1.82) is 0 Å². The van der Waals surface area contributed by atoms with Gasteiger partial charge >= 0.3 is 0 Å². The van der Waals surface area contributed by atoms with Crippen molar-refractivity contribution in [3.8, 4) is 0 Å². The maximum Gasteiger partial charge on any atom is 0.258 e. The topological polar surface area (TPSA) is 42.4 Å². The first kappa shape index (κ1) is 11.1. The molecule has 82 valence electrons. The minimum Gasteiger partial charge on any atom is -0.378 e. The Labute approximate surface area is 93.8 Å². The van der Waals surface area contributed by atoms with Gasteiger partial charge in [-0.1, -0.05) is 11.5 Å². The van der Waals surface area contributed by atoms with Crippen LogP contribution in [0.3, 0.4) is 0 Å². The SMILES string of the molecule is [B]c1cnc(F)c(C(=O)N2CCOCC2)c1. The molecule has 2 radical (unpaired) electrons. The number of pyridine rings is 1. The van der Waals surface area contributed by atoms with Crippen LogP contribution in [0.15, 0.2) is 12.3 Å². The quantitative estimate of drug-likeness (QED) is 0.472. The Morgan fingerprint density at radius 2 is 2.19 bits per heavy atom. The van der Waals surface area contributed by atoms with Crippen LogP contribution in [-0.4, -0.2) is 49.9 Å². The Hall–Kier alpha value is -1.43. The number of halogens is 1. The minimum atomic E-state index is -0.786. The number of carbonyl (C=O) groups excluding carboxylic acids is 1. The molecule has 1 aromatic heterocycles. The lowest BCUT2D eigenvalue weighted by molar-refractivity contribution is 0.0299. The van der Waals surface area contributed by atoms with Gasteiger partial charge in [-0.25, -0.2) is 4.98 Å². The molecule has 2 heterocycles. The van der Waals surface area contributed by atoms with E-state index in [1.165, 1.54) is 17.2 Å². The number of morpholine rings is 1. The van der Waals surface area contributed by atoms with Gasteiger partial charge in [0.1, 0.15) is 7.85 Å². The summed E-state index contributed by atoms with van der Waals surface area (Å²) in [4.78, 5) is 16.9. The van der Waals surface area contributed by atoms with Crippen LogP contribution < -0.4 is 5.46 Å². The molecule has 0 aromatic carbocycles. The van der Waals surface area contributed by atoms with Crippen molar-refractivity contribution in [2.24, 2.45) is 0 Å². The van der Waals surface area contributed by atoms with E-state index in [0.717, 1.165) is 0 Å². The number of rotatable bonds is 1. The Morgan fingerprint density at radius 1 is 1.50 bits per heavy atom. The highest BCUT2D eigenvalue weighted by atomic mass is 19.1. The van der Waals surface area contributed by atoms with E-state index in [2.05, 4.69) is 4.98 Å². The van der Waals surface area contributed by atoms with Crippen molar-refractivity contribution in [2.75, 3.05) is 26.3 Å². The Bertz CT molecular complexity index is 408. The maximum atomic E-state index is 13.3. The van der Waals surface area contributed by atoms with Crippen molar-refractivity contribution in [3.05, 3.63) is 23.8 Å². The lowest BCUT2D eigenvalue weighted by atomic mass is 9.97. The van der Waals surface area contributed by atoms with Crippen molar-refractivity contribution in [2.45, 2.75) is 0 Å². The van der Waals surface area contributed by atoms with Gasteiger partial charge in [0.05, 0.1) is 18.8 Å². The van der Waals surface area contributed by atoms with Crippen LogP contribution in [0.1, 0.15) is 10.4 Å². The summed E-state index contributed by atoms with van der Waals surface area (Å²) in [7, 11) is 5.47. The average Bonchev–Trinajstić information content (AvgIpc) is 2.32. The summed E-state index contributed by atoms with van der Waals surface area (Å²) in [5, 5.41) is 0. The third-order valence-corrected chi connectivity index (χ3v) is 2.39. The third kappa shape index (κ3) is 2.22. The van der Waals surface area contributed by atoms with E-state index < -0.39 is 5.95 Å². The zero-order valence-electron chi connectivity index (χ0n) is 8.65. The molecule has 0 atom stereocenters. The second kappa shape index (κ2) is 4.61. The van der Waals surface area contributed by atoms with Crippen LogP contribution in [0.5, 0.6) is 0 Å². The number of amides is 1. The third-order valence-electron chi connectivity index (χ3n) is 2.39. The Balaban J connectivity index is 2.22. The fourth-order valence-corrected chi connectivity index (χ4v) is 1.55. The van der Waals surface area contributed by atoms with E-state index in [1.807, 2.05) is 0 Å². The van der Waals surface area contributed by atoms with E-state index in [0.29, 0.717) is 26.3 Å². The van der Waals surface area contributed by atoms with E-state index in [1.54, 1.807) is 0 Å². The van der Waals surface area contributed by atoms with E-state index in [-0.39, 0.29) is 16.9 Å². The number of carbonyl (C=O) groups is 1. The number of hydrogen-bond donors (Lipinski definition) is 0. The molecule has 6 heteroatoms. The summed E-state index contributed by atoms with van der Waals surface area (Å²) < 4.78 is 18.4. The second-order valence-electron chi connectivity index (χ2n) is 3.51. The van der Waals surface area contributed by atoms with Gasteiger partial charge in [0.2, 0.25) is 5.95 Å². The number of ether oxygens (including phenoxy) is 1. The summed E-state index contributed by atoms with van der Waals surface area (Å²) in [6.45, 7) is 1.88. The van der Waals surface area contributed by atoms with Gasteiger partial charge in [-0.15, -0.1) is 0 Å². The van der Waals surface area contributed by atoms with Crippen LogP contribution in [0, 0.1) is 5.95 Å². The van der Waals surface area contributed by atoms with Crippen LogP contribution in [0.4, 0.5) is 4.39 Å². The van der Waals surface area contributed by atoms with Crippen molar-refractivity contribution in [3.63, 3.8) is 0 Å². The van der Waals surface area contributed by atoms with Gasteiger partial charge in [0, 0.05) is 19.3 Å². The van der Waals surface area contributed by atoms with Gasteiger partial charge in [0.15, 0.2) is 0 Å². The highest BCUT2D eigenvalue weighted by Crippen LogP contribution is 2.08. The lowest BCUT2D eigenvalue weighted by Crippen LogP contribution is -2.41. The van der Waals surface area contributed by atoms with Gasteiger partial charge in [-0.2, -0.15) is 4.39 Å². The van der Waals surface area contributed by atoms with Crippen molar-refractivity contribution >= 4 is 19.2 Å². The predicted octanol–water partition coefficient (Wildman–Crippen LogP) is -0.513. The van der Waals surface area contributed by atoms with Gasteiger partial charge in [-0.3, -0.25) is 4.79 Å². The number of nitrogens with zero attached hydrogens (tertiary/aromatic N) is 2. The second-order valence-corrected chi connectivity index (χ2v) is 3.51. The smallest absolute Gasteiger partial charge is 0.258 e. The normalized spacial score (nSPS) is 16.2. The molecule has 1 aliphatic heterocycles. The highest BCUT2D eigenvalue weighted by Gasteiger charge is 2.21. The molecule has 0 bridgehead atoms. The zero-order chi connectivity index (χ0) is 11.5. The maximum absolute atomic E-state index is 13.3. The molecule has 0 unspecified atom stereocenters. The minimum absolute atomic E-state index is 0.0816. The molecular weight excluding hydrogens is 210 g/mol. The van der Waals surface area contributed by atoms with Crippen molar-refractivity contribution in [1.82, 2.24) is 9.88 Å². The fraction of sp³-hybridized carbons (Fsp3) is 0.400. The molecule has 1 aromatic rings. The molecular formula is C10H10BFN2O2. The Kier molecular flexibility index (Phi) is 3.19. The monoisotopic (exact) mass is 220 g/mol. The average molecular weight is 220 g/mol. The molecule has 1 aliphatic rings. The summed E-state index contributed by atoms with van der Waals surface area (Å²) in [6, 6.07) is 1.31. The first-order chi connectivity index (χ1) is 7.68. The predicted molar refractivity (Wildman–Crippen MR) is 56.3 cm³/mol. The van der Waals surface area contributed by atoms with Crippen LogP contribution in [0.2, 0.25) is 0 Å².